The van der Waals surface area contributed by atoms with Gasteiger partial charge in [0.2, 0.25) is 5.91 Å². The van der Waals surface area contributed by atoms with Gasteiger partial charge in [-0.25, -0.2) is 4.98 Å². The van der Waals surface area contributed by atoms with Gasteiger partial charge >= 0.3 is 0 Å². The highest BCUT2D eigenvalue weighted by molar-refractivity contribution is 6.13. The Morgan fingerprint density at radius 1 is 0.793 bits per heavy atom. The number of nitrogens with zero attached hydrogens (tertiary/aromatic N) is 2. The van der Waals surface area contributed by atoms with E-state index in [0.717, 1.165) is 10.9 Å². The molecule has 0 aliphatic heterocycles. The predicted octanol–water partition coefficient (Wildman–Crippen LogP) is 4.51. The summed E-state index contributed by atoms with van der Waals surface area (Å²) in [5.41, 5.74) is 3.87. The predicted molar refractivity (Wildman–Crippen MR) is 114 cm³/mol. The monoisotopic (exact) mass is 382 g/mol. The number of carbonyl (C=O) groups is 2. The number of nitrogens with one attached hydrogen (secondary N) is 2. The summed E-state index contributed by atoms with van der Waals surface area (Å²) in [5.74, 6) is -0.389. The fraction of sp³-hybridized carbons (Fsp3) is 0.0435. The summed E-state index contributed by atoms with van der Waals surface area (Å²) in [7, 11) is 0. The van der Waals surface area contributed by atoms with Crippen molar-refractivity contribution in [2.75, 3.05) is 10.6 Å². The first-order valence-corrected chi connectivity index (χ1v) is 9.10. The van der Waals surface area contributed by atoms with Crippen LogP contribution in [-0.2, 0) is 4.79 Å². The summed E-state index contributed by atoms with van der Waals surface area (Å²) >= 11 is 0. The minimum Gasteiger partial charge on any atom is -0.326 e. The summed E-state index contributed by atoms with van der Waals surface area (Å²) < 4.78 is 0. The Balaban J connectivity index is 1.69. The van der Waals surface area contributed by atoms with Gasteiger partial charge in [-0.3, -0.25) is 14.6 Å². The summed E-state index contributed by atoms with van der Waals surface area (Å²) in [6.07, 6.45) is 1.70. The van der Waals surface area contributed by atoms with Gasteiger partial charge in [-0.05, 0) is 48.5 Å². The summed E-state index contributed by atoms with van der Waals surface area (Å²) in [6.45, 7) is 1.45. The standard InChI is InChI=1S/C23H18N4O2/c1-15(28)25-16-9-11-17(12-10-16)26-23(29)19-14-22(21-8-4-5-13-24-21)27-20-7-3-2-6-18(19)20/h2-14H,1H3,(H,25,28)(H,26,29). The van der Waals surface area contributed by atoms with Crippen LogP contribution in [0.1, 0.15) is 17.3 Å². The maximum absolute atomic E-state index is 13.0. The number of para-hydroxylation sites is 1. The van der Waals surface area contributed by atoms with Crippen LogP contribution in [0.25, 0.3) is 22.3 Å². The number of anilines is 2. The lowest BCUT2D eigenvalue weighted by molar-refractivity contribution is -0.114. The van der Waals surface area contributed by atoms with Crippen molar-refractivity contribution in [3.63, 3.8) is 0 Å². The summed E-state index contributed by atoms with van der Waals surface area (Å²) in [4.78, 5) is 33.2. The van der Waals surface area contributed by atoms with Crippen LogP contribution in [-0.4, -0.2) is 21.8 Å². The topological polar surface area (TPSA) is 84.0 Å². The average molecular weight is 382 g/mol. The maximum Gasteiger partial charge on any atom is 0.256 e. The molecule has 142 valence electrons. The number of pyridine rings is 2. The largest absolute Gasteiger partial charge is 0.326 e. The van der Waals surface area contributed by atoms with Gasteiger partial charge in [0.25, 0.3) is 5.91 Å². The molecule has 6 nitrogen and oxygen atoms in total. The Morgan fingerprint density at radius 2 is 1.48 bits per heavy atom. The summed E-state index contributed by atoms with van der Waals surface area (Å²) in [5, 5.41) is 6.37. The van der Waals surface area contributed by atoms with Crippen molar-refractivity contribution in [3.05, 3.63) is 84.6 Å². The third-order valence-corrected chi connectivity index (χ3v) is 4.35. The van der Waals surface area contributed by atoms with Gasteiger partial charge in [0.05, 0.1) is 22.5 Å². The van der Waals surface area contributed by atoms with Crippen LogP contribution in [0.15, 0.2) is 79.0 Å². The van der Waals surface area contributed by atoms with Crippen molar-refractivity contribution in [1.29, 1.82) is 0 Å². The molecule has 0 bridgehead atoms. The molecule has 0 unspecified atom stereocenters. The first-order chi connectivity index (χ1) is 14.1. The fourth-order valence-electron chi connectivity index (χ4n) is 3.05. The molecule has 2 aromatic heterocycles. The molecule has 2 amide bonds. The zero-order valence-electron chi connectivity index (χ0n) is 15.7. The average Bonchev–Trinajstić information content (AvgIpc) is 2.74. The van der Waals surface area contributed by atoms with Crippen molar-refractivity contribution in [3.8, 4) is 11.4 Å². The number of carbonyl (C=O) groups excluding carboxylic acids is 2. The zero-order chi connectivity index (χ0) is 20.2. The lowest BCUT2D eigenvalue weighted by atomic mass is 10.1. The first kappa shape index (κ1) is 18.3. The van der Waals surface area contributed by atoms with Crippen molar-refractivity contribution in [1.82, 2.24) is 9.97 Å². The van der Waals surface area contributed by atoms with Crippen molar-refractivity contribution in [2.24, 2.45) is 0 Å². The van der Waals surface area contributed by atoms with Crippen LogP contribution in [0, 0.1) is 0 Å². The van der Waals surface area contributed by atoms with Crippen molar-refractivity contribution in [2.45, 2.75) is 6.92 Å². The molecule has 4 aromatic rings. The third-order valence-electron chi connectivity index (χ3n) is 4.35. The van der Waals surface area contributed by atoms with Crippen LogP contribution in [0.3, 0.4) is 0 Å². The van der Waals surface area contributed by atoms with Gasteiger partial charge in [-0.15, -0.1) is 0 Å². The molecule has 0 spiro atoms. The second-order valence-electron chi connectivity index (χ2n) is 6.50. The van der Waals surface area contributed by atoms with Gasteiger partial charge in [0.15, 0.2) is 0 Å². The molecule has 0 aliphatic rings. The molecule has 4 rings (SSSR count). The van der Waals surface area contributed by atoms with Crippen LogP contribution >= 0.6 is 0 Å². The Morgan fingerprint density at radius 3 is 2.17 bits per heavy atom. The van der Waals surface area contributed by atoms with E-state index in [-0.39, 0.29) is 11.8 Å². The minimum atomic E-state index is -0.243. The number of aromatic nitrogens is 2. The summed E-state index contributed by atoms with van der Waals surface area (Å²) in [6, 6.07) is 21.8. The second kappa shape index (κ2) is 7.90. The molecule has 6 heteroatoms. The second-order valence-corrected chi connectivity index (χ2v) is 6.50. The molecule has 29 heavy (non-hydrogen) atoms. The lowest BCUT2D eigenvalue weighted by Gasteiger charge is -2.11. The smallest absolute Gasteiger partial charge is 0.256 e. The van der Waals surface area contributed by atoms with Gasteiger partial charge in [0, 0.05) is 29.9 Å². The van der Waals surface area contributed by atoms with Crippen LogP contribution in [0.4, 0.5) is 11.4 Å². The lowest BCUT2D eigenvalue weighted by Crippen LogP contribution is -2.13. The Kier molecular flexibility index (Phi) is 4.99. The van der Waals surface area contributed by atoms with E-state index in [1.54, 1.807) is 36.5 Å². The Labute approximate surface area is 167 Å². The molecule has 2 N–H and O–H groups in total. The third kappa shape index (κ3) is 4.11. The quantitative estimate of drug-likeness (QED) is 0.544. The van der Waals surface area contributed by atoms with Gasteiger partial charge in [0.1, 0.15) is 0 Å². The normalized spacial score (nSPS) is 10.5. The highest BCUT2D eigenvalue weighted by Gasteiger charge is 2.14. The zero-order valence-corrected chi connectivity index (χ0v) is 15.7. The van der Waals surface area contributed by atoms with E-state index in [0.29, 0.717) is 28.3 Å². The fourth-order valence-corrected chi connectivity index (χ4v) is 3.05. The number of hydrogen-bond donors (Lipinski definition) is 2. The van der Waals surface area contributed by atoms with Gasteiger partial charge in [-0.2, -0.15) is 0 Å². The molecule has 0 fully saturated rings. The number of fused-ring (bicyclic) bond motifs is 1. The highest BCUT2D eigenvalue weighted by atomic mass is 16.2. The van der Waals surface area contributed by atoms with Crippen LogP contribution in [0.2, 0.25) is 0 Å². The van der Waals surface area contributed by atoms with Gasteiger partial charge < -0.3 is 10.6 Å². The van der Waals surface area contributed by atoms with E-state index < -0.39 is 0 Å². The Bertz CT molecular complexity index is 1190. The van der Waals surface area contributed by atoms with Gasteiger partial charge in [-0.1, -0.05) is 24.3 Å². The van der Waals surface area contributed by atoms with Crippen LogP contribution in [0.5, 0.6) is 0 Å². The minimum absolute atomic E-state index is 0.146. The van der Waals surface area contributed by atoms with E-state index in [1.165, 1.54) is 6.92 Å². The molecular formula is C23H18N4O2. The van der Waals surface area contributed by atoms with E-state index >= 15 is 0 Å². The molecule has 0 radical (unpaired) electrons. The molecule has 2 aromatic carbocycles. The SMILES string of the molecule is CC(=O)Nc1ccc(NC(=O)c2cc(-c3ccccn3)nc3ccccc23)cc1. The van der Waals surface area contributed by atoms with E-state index in [4.69, 9.17) is 0 Å². The van der Waals surface area contributed by atoms with Crippen LogP contribution < -0.4 is 10.6 Å². The number of amides is 2. The maximum atomic E-state index is 13.0. The highest BCUT2D eigenvalue weighted by Crippen LogP contribution is 2.25. The molecule has 0 saturated heterocycles. The van der Waals surface area contributed by atoms with E-state index in [2.05, 4.69) is 20.6 Å². The molecular weight excluding hydrogens is 364 g/mol. The van der Waals surface area contributed by atoms with Crippen molar-refractivity contribution >= 4 is 34.1 Å². The molecule has 0 saturated carbocycles. The van der Waals surface area contributed by atoms with Crippen molar-refractivity contribution < 1.29 is 9.59 Å². The first-order valence-electron chi connectivity index (χ1n) is 9.10. The Hall–Kier alpha value is -4.06. The van der Waals surface area contributed by atoms with E-state index in [9.17, 15) is 9.59 Å². The molecule has 0 atom stereocenters. The number of benzene rings is 2. The van der Waals surface area contributed by atoms with E-state index in [1.807, 2.05) is 42.5 Å². The molecule has 2 heterocycles. The number of rotatable bonds is 4. The number of hydrogen-bond acceptors (Lipinski definition) is 4. The molecule has 0 aliphatic carbocycles.